The van der Waals surface area contributed by atoms with Crippen molar-refractivity contribution in [1.29, 1.82) is 0 Å². The molecule has 3 nitrogen and oxygen atoms in total. The predicted molar refractivity (Wildman–Crippen MR) is 84.1 cm³/mol. The SMILES string of the molecule is Cc1nc(Sc2ccc(Br)cc2CNC2CC2)oc1C. The third-order valence-electron chi connectivity index (χ3n) is 3.39. The van der Waals surface area contributed by atoms with E-state index in [4.69, 9.17) is 4.42 Å². The average molecular weight is 353 g/mol. The van der Waals surface area contributed by atoms with Gasteiger partial charge in [-0.05, 0) is 62.2 Å². The van der Waals surface area contributed by atoms with E-state index in [-0.39, 0.29) is 0 Å². The lowest BCUT2D eigenvalue weighted by molar-refractivity contribution is 0.431. The van der Waals surface area contributed by atoms with Crippen LogP contribution in [0.2, 0.25) is 0 Å². The Morgan fingerprint density at radius 2 is 2.20 bits per heavy atom. The Bertz CT molecular complexity index is 603. The third kappa shape index (κ3) is 3.45. The predicted octanol–water partition coefficient (Wildman–Crippen LogP) is 4.46. The number of aryl methyl sites for hydroxylation is 2. The molecule has 0 spiro atoms. The Balaban J connectivity index is 1.79. The highest BCUT2D eigenvalue weighted by Crippen LogP contribution is 2.33. The van der Waals surface area contributed by atoms with E-state index in [1.807, 2.05) is 13.8 Å². The topological polar surface area (TPSA) is 38.1 Å². The minimum atomic E-state index is 0.707. The van der Waals surface area contributed by atoms with Crippen molar-refractivity contribution in [2.45, 2.75) is 49.4 Å². The van der Waals surface area contributed by atoms with E-state index in [0.29, 0.717) is 6.04 Å². The standard InChI is InChI=1S/C15H17BrN2OS/c1-9-10(2)19-15(18-9)20-14-6-3-12(16)7-11(14)8-17-13-4-5-13/h3,6-7,13,17H,4-5,8H2,1-2H3. The molecule has 0 radical (unpaired) electrons. The highest BCUT2D eigenvalue weighted by Gasteiger charge is 2.21. The minimum absolute atomic E-state index is 0.707. The van der Waals surface area contributed by atoms with E-state index in [2.05, 4.69) is 44.4 Å². The quantitative estimate of drug-likeness (QED) is 0.862. The molecule has 1 aromatic carbocycles. The molecule has 1 aliphatic carbocycles. The first kappa shape index (κ1) is 14.2. The van der Waals surface area contributed by atoms with Crippen molar-refractivity contribution in [2.75, 3.05) is 0 Å². The van der Waals surface area contributed by atoms with Crippen molar-refractivity contribution in [3.63, 3.8) is 0 Å². The average Bonchev–Trinajstić information content (AvgIpc) is 3.17. The number of nitrogens with one attached hydrogen (secondary N) is 1. The number of halogens is 1. The number of benzene rings is 1. The fraction of sp³-hybridized carbons (Fsp3) is 0.400. The molecule has 1 fully saturated rings. The molecule has 0 bridgehead atoms. The number of aromatic nitrogens is 1. The van der Waals surface area contributed by atoms with E-state index in [9.17, 15) is 0 Å². The summed E-state index contributed by atoms with van der Waals surface area (Å²) < 4.78 is 6.77. The Hall–Kier alpha value is -0.780. The number of nitrogens with zero attached hydrogens (tertiary/aromatic N) is 1. The maximum absolute atomic E-state index is 5.66. The molecular formula is C15H17BrN2OS. The second-order valence-corrected chi connectivity index (χ2v) is 7.04. The summed E-state index contributed by atoms with van der Waals surface area (Å²) in [5.74, 6) is 0.891. The molecule has 1 N–H and O–H groups in total. The largest absolute Gasteiger partial charge is 0.436 e. The van der Waals surface area contributed by atoms with Crippen molar-refractivity contribution in [1.82, 2.24) is 10.3 Å². The molecule has 0 aliphatic heterocycles. The van der Waals surface area contributed by atoms with Crippen LogP contribution < -0.4 is 5.32 Å². The second-order valence-electron chi connectivity index (χ2n) is 5.13. The molecule has 3 rings (SSSR count). The molecule has 2 aromatic rings. The molecule has 0 atom stereocenters. The van der Waals surface area contributed by atoms with E-state index < -0.39 is 0 Å². The van der Waals surface area contributed by atoms with Crippen molar-refractivity contribution in [3.8, 4) is 0 Å². The van der Waals surface area contributed by atoms with E-state index in [1.165, 1.54) is 23.3 Å². The fourth-order valence-electron chi connectivity index (χ4n) is 1.91. The van der Waals surface area contributed by atoms with Crippen LogP contribution in [0.3, 0.4) is 0 Å². The van der Waals surface area contributed by atoms with Crippen LogP contribution in [-0.2, 0) is 6.54 Å². The van der Waals surface area contributed by atoms with Gasteiger partial charge < -0.3 is 9.73 Å². The zero-order chi connectivity index (χ0) is 14.1. The van der Waals surface area contributed by atoms with Crippen LogP contribution in [0.5, 0.6) is 0 Å². The van der Waals surface area contributed by atoms with Crippen LogP contribution in [0, 0.1) is 13.8 Å². The van der Waals surface area contributed by atoms with Gasteiger partial charge >= 0.3 is 0 Å². The monoisotopic (exact) mass is 352 g/mol. The van der Waals surface area contributed by atoms with Gasteiger partial charge in [-0.2, -0.15) is 0 Å². The zero-order valence-corrected chi connectivity index (χ0v) is 14.0. The molecule has 106 valence electrons. The van der Waals surface area contributed by atoms with Crippen LogP contribution in [0.4, 0.5) is 0 Å². The van der Waals surface area contributed by atoms with Crippen LogP contribution in [0.15, 0.2) is 37.2 Å². The molecule has 1 heterocycles. The van der Waals surface area contributed by atoms with Gasteiger partial charge in [0.05, 0.1) is 5.69 Å². The Labute approximate surface area is 131 Å². The lowest BCUT2D eigenvalue weighted by atomic mass is 10.2. The summed E-state index contributed by atoms with van der Waals surface area (Å²) in [6.07, 6.45) is 2.60. The van der Waals surface area contributed by atoms with E-state index in [0.717, 1.165) is 27.7 Å². The lowest BCUT2D eigenvalue weighted by Gasteiger charge is -2.09. The van der Waals surface area contributed by atoms with Gasteiger partial charge in [0.2, 0.25) is 0 Å². The van der Waals surface area contributed by atoms with E-state index in [1.54, 1.807) is 11.8 Å². The van der Waals surface area contributed by atoms with Gasteiger partial charge in [-0.15, -0.1) is 0 Å². The number of oxazole rings is 1. The second kappa shape index (κ2) is 5.92. The van der Waals surface area contributed by atoms with Crippen molar-refractivity contribution < 1.29 is 4.42 Å². The van der Waals surface area contributed by atoms with Gasteiger partial charge in [0.25, 0.3) is 5.22 Å². The summed E-state index contributed by atoms with van der Waals surface area (Å²) in [5.41, 5.74) is 2.24. The first-order valence-electron chi connectivity index (χ1n) is 6.75. The normalized spacial score (nSPS) is 14.8. The highest BCUT2D eigenvalue weighted by atomic mass is 79.9. The summed E-state index contributed by atoms with van der Waals surface area (Å²) in [7, 11) is 0. The minimum Gasteiger partial charge on any atom is -0.436 e. The summed E-state index contributed by atoms with van der Waals surface area (Å²) >= 11 is 5.14. The first-order valence-corrected chi connectivity index (χ1v) is 8.36. The number of hydrogen-bond donors (Lipinski definition) is 1. The molecule has 20 heavy (non-hydrogen) atoms. The van der Waals surface area contributed by atoms with Crippen molar-refractivity contribution >= 4 is 27.7 Å². The third-order valence-corrected chi connectivity index (χ3v) is 4.85. The van der Waals surface area contributed by atoms with E-state index >= 15 is 0 Å². The fourth-order valence-corrected chi connectivity index (χ4v) is 3.25. The Morgan fingerprint density at radius 3 is 2.85 bits per heavy atom. The Morgan fingerprint density at radius 1 is 1.40 bits per heavy atom. The molecule has 1 aromatic heterocycles. The molecule has 0 saturated heterocycles. The maximum Gasteiger partial charge on any atom is 0.261 e. The first-order chi connectivity index (χ1) is 9.61. The summed E-state index contributed by atoms with van der Waals surface area (Å²) in [5, 5.41) is 4.28. The Kier molecular flexibility index (Phi) is 4.19. The van der Waals surface area contributed by atoms with Gasteiger partial charge in [0.15, 0.2) is 0 Å². The smallest absolute Gasteiger partial charge is 0.261 e. The van der Waals surface area contributed by atoms with Crippen LogP contribution in [0.1, 0.15) is 29.9 Å². The van der Waals surface area contributed by atoms with Crippen molar-refractivity contribution in [2.24, 2.45) is 0 Å². The van der Waals surface area contributed by atoms with Crippen LogP contribution in [-0.4, -0.2) is 11.0 Å². The summed E-state index contributed by atoms with van der Waals surface area (Å²) in [6.45, 7) is 4.81. The highest BCUT2D eigenvalue weighted by molar-refractivity contribution is 9.10. The van der Waals surface area contributed by atoms with Crippen LogP contribution >= 0.6 is 27.7 Å². The maximum atomic E-state index is 5.66. The van der Waals surface area contributed by atoms with Gasteiger partial charge in [0, 0.05) is 22.0 Å². The molecule has 5 heteroatoms. The number of rotatable bonds is 5. The van der Waals surface area contributed by atoms with Gasteiger partial charge in [-0.3, -0.25) is 0 Å². The summed E-state index contributed by atoms with van der Waals surface area (Å²) in [4.78, 5) is 5.64. The zero-order valence-electron chi connectivity index (χ0n) is 11.6. The van der Waals surface area contributed by atoms with Crippen LogP contribution in [0.25, 0.3) is 0 Å². The van der Waals surface area contributed by atoms with Gasteiger partial charge in [-0.1, -0.05) is 15.9 Å². The molecule has 0 amide bonds. The van der Waals surface area contributed by atoms with Crippen molar-refractivity contribution in [3.05, 3.63) is 39.7 Å². The molecule has 0 unspecified atom stereocenters. The molecule has 1 saturated carbocycles. The van der Waals surface area contributed by atoms with Gasteiger partial charge in [-0.25, -0.2) is 4.98 Å². The lowest BCUT2D eigenvalue weighted by Crippen LogP contribution is -2.15. The summed E-state index contributed by atoms with van der Waals surface area (Å²) in [6, 6.07) is 7.05. The molecule has 1 aliphatic rings. The number of hydrogen-bond acceptors (Lipinski definition) is 4. The molecular weight excluding hydrogens is 336 g/mol. The van der Waals surface area contributed by atoms with Gasteiger partial charge in [0.1, 0.15) is 5.76 Å².